The molecule has 0 spiro atoms. The largest absolute Gasteiger partial charge is 0.481 e. The predicted octanol–water partition coefficient (Wildman–Crippen LogP) is 7.38. The number of ether oxygens (including phenoxy) is 1. The van der Waals surface area contributed by atoms with Crippen molar-refractivity contribution in [1.82, 2.24) is 4.57 Å². The first-order valence-corrected chi connectivity index (χ1v) is 11.7. The Labute approximate surface area is 200 Å². The van der Waals surface area contributed by atoms with E-state index >= 15 is 0 Å². The number of aliphatic carboxylic acids is 1. The lowest BCUT2D eigenvalue weighted by molar-refractivity contribution is -0.138. The highest BCUT2D eigenvalue weighted by Crippen LogP contribution is 2.49. The van der Waals surface area contributed by atoms with Gasteiger partial charge in [0, 0.05) is 29.1 Å². The average molecular weight is 452 g/mol. The molecule has 1 N–H and O–H groups in total. The number of rotatable bonds is 6. The fourth-order valence-electron chi connectivity index (χ4n) is 5.08. The van der Waals surface area contributed by atoms with Gasteiger partial charge in [0.05, 0.1) is 5.92 Å². The van der Waals surface area contributed by atoms with E-state index < -0.39 is 11.9 Å². The van der Waals surface area contributed by atoms with E-state index in [1.807, 2.05) is 72.8 Å². The minimum atomic E-state index is -0.810. The topological polar surface area (TPSA) is 51.5 Å². The summed E-state index contributed by atoms with van der Waals surface area (Å²) in [5.74, 6) is 0.0951. The number of hydrogen-bond donors (Lipinski definition) is 1. The van der Waals surface area contributed by atoms with Gasteiger partial charge in [-0.05, 0) is 54.2 Å². The van der Waals surface area contributed by atoms with Crippen LogP contribution in [-0.4, -0.2) is 15.6 Å². The molecule has 1 atom stereocenters. The second-order valence-corrected chi connectivity index (χ2v) is 9.87. The first kappa shape index (κ1) is 22.0. The average Bonchev–Trinajstić information content (AvgIpc) is 3.30. The molecule has 5 rings (SSSR count). The van der Waals surface area contributed by atoms with Gasteiger partial charge in [0.1, 0.15) is 11.5 Å². The standard InChI is InChI=1S/C30H29NO3/c1-20(29(32)33)28-27(22-14-16-24(17-15-22)34-23-12-8-5-9-13-23)26(21-10-6-4-7-11-21)25-18-30(2,3)19-31(25)28/h4-17,20H,18-19H2,1-3H3,(H,32,33). The van der Waals surface area contributed by atoms with Gasteiger partial charge in [-0.25, -0.2) is 0 Å². The molecular weight excluding hydrogens is 422 g/mol. The summed E-state index contributed by atoms with van der Waals surface area (Å²) in [4.78, 5) is 12.2. The zero-order valence-electron chi connectivity index (χ0n) is 19.8. The fourth-order valence-corrected chi connectivity index (χ4v) is 5.08. The molecule has 1 aromatic heterocycles. The molecule has 172 valence electrons. The SMILES string of the molecule is CC(C(=O)O)c1c(-c2ccc(Oc3ccccc3)cc2)c(-c2ccccc2)c2n1CC(C)(C)C2. The Balaban J connectivity index is 1.68. The number of fused-ring (bicyclic) bond motifs is 1. The molecule has 0 fully saturated rings. The first-order valence-electron chi connectivity index (χ1n) is 11.7. The van der Waals surface area contributed by atoms with Crippen molar-refractivity contribution in [3.8, 4) is 33.8 Å². The molecule has 0 saturated heterocycles. The van der Waals surface area contributed by atoms with Crippen molar-refractivity contribution < 1.29 is 14.6 Å². The lowest BCUT2D eigenvalue weighted by Gasteiger charge is -2.20. The highest BCUT2D eigenvalue weighted by Gasteiger charge is 2.38. The molecular formula is C30H29NO3. The van der Waals surface area contributed by atoms with Gasteiger partial charge in [0.2, 0.25) is 0 Å². The van der Waals surface area contributed by atoms with Gasteiger partial charge in [-0.3, -0.25) is 4.79 Å². The lowest BCUT2D eigenvalue weighted by Crippen LogP contribution is -2.18. The Kier molecular flexibility index (Phi) is 5.52. The Hall–Kier alpha value is -3.79. The van der Waals surface area contributed by atoms with Crippen LogP contribution < -0.4 is 4.74 Å². The number of para-hydroxylation sites is 1. The van der Waals surface area contributed by atoms with Gasteiger partial charge < -0.3 is 14.4 Å². The molecule has 34 heavy (non-hydrogen) atoms. The molecule has 0 bridgehead atoms. The van der Waals surface area contributed by atoms with Crippen LogP contribution in [0.1, 0.15) is 38.1 Å². The summed E-state index contributed by atoms with van der Waals surface area (Å²) < 4.78 is 8.26. The third kappa shape index (κ3) is 4.01. The Morgan fingerprint density at radius 3 is 2.03 bits per heavy atom. The third-order valence-corrected chi connectivity index (χ3v) is 6.61. The minimum Gasteiger partial charge on any atom is -0.481 e. The molecule has 4 heteroatoms. The second-order valence-electron chi connectivity index (χ2n) is 9.87. The van der Waals surface area contributed by atoms with E-state index in [0.29, 0.717) is 0 Å². The second kappa shape index (κ2) is 8.53. The quantitative estimate of drug-likeness (QED) is 0.333. The van der Waals surface area contributed by atoms with Crippen molar-refractivity contribution in [1.29, 1.82) is 0 Å². The van der Waals surface area contributed by atoms with Crippen LogP contribution >= 0.6 is 0 Å². The summed E-state index contributed by atoms with van der Waals surface area (Å²) in [6.07, 6.45) is 0.909. The summed E-state index contributed by atoms with van der Waals surface area (Å²) in [5, 5.41) is 10.0. The van der Waals surface area contributed by atoms with Gasteiger partial charge in [0.15, 0.2) is 0 Å². The van der Waals surface area contributed by atoms with Crippen LogP contribution in [0.5, 0.6) is 11.5 Å². The molecule has 1 aliphatic rings. The molecule has 0 amide bonds. The van der Waals surface area contributed by atoms with E-state index in [1.165, 1.54) is 5.69 Å². The van der Waals surface area contributed by atoms with Crippen molar-refractivity contribution in [2.45, 2.75) is 39.7 Å². The molecule has 0 saturated carbocycles. The van der Waals surface area contributed by atoms with E-state index in [0.717, 1.165) is 52.4 Å². The van der Waals surface area contributed by atoms with Gasteiger partial charge in [-0.1, -0.05) is 74.5 Å². The highest BCUT2D eigenvalue weighted by atomic mass is 16.5. The van der Waals surface area contributed by atoms with Gasteiger partial charge in [-0.15, -0.1) is 0 Å². The Morgan fingerprint density at radius 1 is 0.853 bits per heavy atom. The van der Waals surface area contributed by atoms with Crippen LogP contribution in [0.3, 0.4) is 0 Å². The Morgan fingerprint density at radius 2 is 1.41 bits per heavy atom. The summed E-state index contributed by atoms with van der Waals surface area (Å²) >= 11 is 0. The normalized spacial score (nSPS) is 15.0. The maximum absolute atomic E-state index is 12.2. The number of aromatic nitrogens is 1. The smallest absolute Gasteiger partial charge is 0.312 e. The predicted molar refractivity (Wildman–Crippen MR) is 135 cm³/mol. The van der Waals surface area contributed by atoms with E-state index in [-0.39, 0.29) is 5.41 Å². The van der Waals surface area contributed by atoms with Gasteiger partial charge >= 0.3 is 5.97 Å². The van der Waals surface area contributed by atoms with Gasteiger partial charge in [0.25, 0.3) is 0 Å². The molecule has 2 heterocycles. The zero-order valence-corrected chi connectivity index (χ0v) is 19.8. The van der Waals surface area contributed by atoms with Crippen LogP contribution in [0.2, 0.25) is 0 Å². The van der Waals surface area contributed by atoms with Crippen molar-refractivity contribution in [3.63, 3.8) is 0 Å². The maximum Gasteiger partial charge on any atom is 0.312 e. The maximum atomic E-state index is 12.2. The summed E-state index contributed by atoms with van der Waals surface area (Å²) in [5.41, 5.74) is 6.46. The Bertz CT molecular complexity index is 1320. The summed E-state index contributed by atoms with van der Waals surface area (Å²) in [6, 6.07) is 28.0. The van der Waals surface area contributed by atoms with Crippen LogP contribution in [0.15, 0.2) is 84.9 Å². The molecule has 1 aliphatic heterocycles. The van der Waals surface area contributed by atoms with Crippen LogP contribution in [0, 0.1) is 5.41 Å². The number of carboxylic acids is 1. The van der Waals surface area contributed by atoms with Crippen molar-refractivity contribution in [3.05, 3.63) is 96.3 Å². The first-order chi connectivity index (χ1) is 16.3. The molecule has 4 aromatic rings. The van der Waals surface area contributed by atoms with Crippen LogP contribution in [0.25, 0.3) is 22.3 Å². The van der Waals surface area contributed by atoms with Gasteiger partial charge in [-0.2, -0.15) is 0 Å². The number of carbonyl (C=O) groups is 1. The monoisotopic (exact) mass is 451 g/mol. The summed E-state index contributed by atoms with van der Waals surface area (Å²) in [7, 11) is 0. The molecule has 3 aromatic carbocycles. The van der Waals surface area contributed by atoms with Crippen LogP contribution in [0.4, 0.5) is 0 Å². The van der Waals surface area contributed by atoms with E-state index in [2.05, 4.69) is 30.5 Å². The van der Waals surface area contributed by atoms with E-state index in [1.54, 1.807) is 6.92 Å². The molecule has 0 radical (unpaired) electrons. The minimum absolute atomic E-state index is 0.0811. The van der Waals surface area contributed by atoms with Crippen molar-refractivity contribution in [2.24, 2.45) is 5.41 Å². The number of carboxylic acid groups (broad SMARTS) is 1. The zero-order chi connectivity index (χ0) is 23.9. The van der Waals surface area contributed by atoms with E-state index in [4.69, 9.17) is 4.74 Å². The lowest BCUT2D eigenvalue weighted by atomic mass is 9.85. The molecule has 1 unspecified atom stereocenters. The molecule has 0 aliphatic carbocycles. The number of nitrogens with zero attached hydrogens (tertiary/aromatic N) is 1. The highest BCUT2D eigenvalue weighted by molar-refractivity contribution is 5.91. The molecule has 4 nitrogen and oxygen atoms in total. The fraction of sp³-hybridized carbons (Fsp3) is 0.233. The van der Waals surface area contributed by atoms with Crippen molar-refractivity contribution in [2.75, 3.05) is 0 Å². The summed E-state index contributed by atoms with van der Waals surface area (Å²) in [6.45, 7) is 7.10. The number of benzene rings is 3. The van der Waals surface area contributed by atoms with E-state index in [9.17, 15) is 9.90 Å². The van der Waals surface area contributed by atoms with Crippen molar-refractivity contribution >= 4 is 5.97 Å². The van der Waals surface area contributed by atoms with Crippen LogP contribution in [-0.2, 0) is 17.8 Å². The third-order valence-electron chi connectivity index (χ3n) is 6.61. The number of hydrogen-bond acceptors (Lipinski definition) is 2.